The fourth-order valence-electron chi connectivity index (χ4n) is 3.51. The van der Waals surface area contributed by atoms with Gasteiger partial charge in [0.05, 0.1) is 12.0 Å². The quantitative estimate of drug-likeness (QED) is 0.606. The Morgan fingerprint density at radius 2 is 1.85 bits per heavy atom. The number of nitrogens with zero attached hydrogens (tertiary/aromatic N) is 4. The average molecular weight is 372 g/mol. The number of methoxy groups -OCH3 is 1. The first kappa shape index (κ1) is 18.7. The lowest BCUT2D eigenvalue weighted by atomic mass is 9.92. The molecule has 1 aliphatic heterocycles. The summed E-state index contributed by atoms with van der Waals surface area (Å²) in [4.78, 5) is 21.6. The zero-order valence-electron chi connectivity index (χ0n) is 15.7. The molecule has 2 heterocycles. The van der Waals surface area contributed by atoms with E-state index in [0.29, 0.717) is 29.2 Å². The van der Waals surface area contributed by atoms with Gasteiger partial charge in [0, 0.05) is 18.8 Å². The largest absolute Gasteiger partial charge is 0.497 e. The van der Waals surface area contributed by atoms with Gasteiger partial charge in [0.2, 0.25) is 17.6 Å². The highest BCUT2D eigenvalue weighted by atomic mass is 16.6. The molecule has 1 fully saturated rings. The van der Waals surface area contributed by atoms with E-state index in [1.807, 2.05) is 4.90 Å². The molecule has 0 bridgehead atoms. The molecule has 1 aliphatic rings. The summed E-state index contributed by atoms with van der Waals surface area (Å²) in [7, 11) is 1.57. The highest BCUT2D eigenvalue weighted by molar-refractivity contribution is 5.74. The standard InChI is InChI=1S/C18H24N6O3/c1-11-8-12(2)10-23(9-11)18-21-16(19)15(24(25)26)17(22-18)20-13-4-6-14(27-3)7-5-13/h4-7,11-12H,8-10H2,1-3H3,(H3,19,20,21,22)/t11-,12-/m1/s1. The summed E-state index contributed by atoms with van der Waals surface area (Å²) < 4.78 is 5.13. The van der Waals surface area contributed by atoms with E-state index in [4.69, 9.17) is 10.5 Å². The molecule has 9 nitrogen and oxygen atoms in total. The second-order valence-corrected chi connectivity index (χ2v) is 7.07. The first-order chi connectivity index (χ1) is 12.9. The second kappa shape index (κ2) is 7.65. The van der Waals surface area contributed by atoms with Gasteiger partial charge in [-0.1, -0.05) is 13.8 Å². The average Bonchev–Trinajstić information content (AvgIpc) is 2.60. The normalized spacial score (nSPS) is 19.6. The lowest BCUT2D eigenvalue weighted by molar-refractivity contribution is -0.383. The number of anilines is 4. The highest BCUT2D eigenvalue weighted by Crippen LogP contribution is 2.34. The van der Waals surface area contributed by atoms with Gasteiger partial charge in [0.15, 0.2) is 0 Å². The fraction of sp³-hybridized carbons (Fsp3) is 0.444. The minimum atomic E-state index is -0.563. The van der Waals surface area contributed by atoms with Gasteiger partial charge in [-0.2, -0.15) is 9.97 Å². The maximum atomic E-state index is 11.5. The number of aromatic nitrogens is 2. The first-order valence-electron chi connectivity index (χ1n) is 8.85. The van der Waals surface area contributed by atoms with Gasteiger partial charge in [-0.15, -0.1) is 0 Å². The predicted molar refractivity (Wildman–Crippen MR) is 105 cm³/mol. The van der Waals surface area contributed by atoms with Gasteiger partial charge in [-0.05, 0) is 42.5 Å². The van der Waals surface area contributed by atoms with Crippen molar-refractivity contribution in [1.29, 1.82) is 0 Å². The van der Waals surface area contributed by atoms with Crippen LogP contribution >= 0.6 is 0 Å². The Bertz CT molecular complexity index is 817. The number of nitrogens with one attached hydrogen (secondary N) is 1. The molecule has 144 valence electrons. The van der Waals surface area contributed by atoms with Crippen molar-refractivity contribution >= 4 is 29.0 Å². The maximum Gasteiger partial charge on any atom is 0.353 e. The van der Waals surface area contributed by atoms with Crippen LogP contribution in [0, 0.1) is 22.0 Å². The third kappa shape index (κ3) is 4.18. The molecule has 0 amide bonds. The Kier molecular flexibility index (Phi) is 5.29. The summed E-state index contributed by atoms with van der Waals surface area (Å²) in [5, 5.41) is 14.5. The van der Waals surface area contributed by atoms with Crippen LogP contribution in [0.15, 0.2) is 24.3 Å². The number of nitrogen functional groups attached to an aromatic ring is 1. The zero-order valence-corrected chi connectivity index (χ0v) is 15.7. The van der Waals surface area contributed by atoms with Crippen molar-refractivity contribution in [2.24, 2.45) is 11.8 Å². The molecule has 9 heteroatoms. The molecule has 3 N–H and O–H groups in total. The number of hydrogen-bond acceptors (Lipinski definition) is 8. The minimum absolute atomic E-state index is 0.0820. The molecular formula is C18H24N6O3. The molecule has 2 atom stereocenters. The Labute approximate surface area is 157 Å². The van der Waals surface area contributed by atoms with E-state index in [1.54, 1.807) is 31.4 Å². The number of nitrogens with two attached hydrogens (primary N) is 1. The van der Waals surface area contributed by atoms with Gasteiger partial charge in [0.25, 0.3) is 0 Å². The van der Waals surface area contributed by atoms with Crippen molar-refractivity contribution < 1.29 is 9.66 Å². The minimum Gasteiger partial charge on any atom is -0.497 e. The summed E-state index contributed by atoms with van der Waals surface area (Å²) in [6.07, 6.45) is 1.13. The number of piperidine rings is 1. The van der Waals surface area contributed by atoms with E-state index >= 15 is 0 Å². The van der Waals surface area contributed by atoms with Gasteiger partial charge >= 0.3 is 5.69 Å². The van der Waals surface area contributed by atoms with E-state index in [1.165, 1.54) is 0 Å². The highest BCUT2D eigenvalue weighted by Gasteiger charge is 2.28. The summed E-state index contributed by atoms with van der Waals surface area (Å²) in [6.45, 7) is 5.94. The number of nitro groups is 1. The van der Waals surface area contributed by atoms with Crippen molar-refractivity contribution in [3.8, 4) is 5.75 Å². The van der Waals surface area contributed by atoms with Crippen LogP contribution in [-0.4, -0.2) is 35.1 Å². The van der Waals surface area contributed by atoms with Crippen molar-refractivity contribution in [1.82, 2.24) is 9.97 Å². The van der Waals surface area contributed by atoms with Crippen LogP contribution in [0.4, 0.5) is 29.0 Å². The third-order valence-corrected chi connectivity index (χ3v) is 4.59. The van der Waals surface area contributed by atoms with Gasteiger partial charge in [-0.3, -0.25) is 10.1 Å². The molecule has 1 aromatic heterocycles. The van der Waals surface area contributed by atoms with Crippen molar-refractivity contribution in [2.45, 2.75) is 20.3 Å². The lowest BCUT2D eigenvalue weighted by Crippen LogP contribution is -2.39. The Hall–Kier alpha value is -3.10. The molecule has 0 aliphatic carbocycles. The van der Waals surface area contributed by atoms with Crippen LogP contribution in [-0.2, 0) is 0 Å². The van der Waals surface area contributed by atoms with Crippen molar-refractivity contribution in [3.05, 3.63) is 34.4 Å². The molecular weight excluding hydrogens is 348 g/mol. The molecule has 0 saturated carbocycles. The van der Waals surface area contributed by atoms with Gasteiger partial charge in [-0.25, -0.2) is 0 Å². The molecule has 0 radical (unpaired) electrons. The SMILES string of the molecule is COc1ccc(Nc2nc(N3C[C@H](C)C[C@@H](C)C3)nc(N)c2[N+](=O)[O-])cc1. The molecule has 1 aromatic carbocycles. The van der Waals surface area contributed by atoms with Crippen molar-refractivity contribution in [3.63, 3.8) is 0 Å². The van der Waals surface area contributed by atoms with E-state index in [9.17, 15) is 10.1 Å². The van der Waals surface area contributed by atoms with E-state index in [2.05, 4.69) is 29.1 Å². The summed E-state index contributed by atoms with van der Waals surface area (Å²) >= 11 is 0. The number of benzene rings is 1. The Morgan fingerprint density at radius 1 is 1.22 bits per heavy atom. The van der Waals surface area contributed by atoms with Crippen LogP contribution < -0.4 is 20.7 Å². The number of ether oxygens (including phenoxy) is 1. The van der Waals surface area contributed by atoms with Crippen LogP contribution in [0.1, 0.15) is 20.3 Å². The molecule has 3 rings (SSSR count). The Balaban J connectivity index is 1.96. The first-order valence-corrected chi connectivity index (χ1v) is 8.85. The number of rotatable bonds is 5. The van der Waals surface area contributed by atoms with Gasteiger partial charge < -0.3 is 20.7 Å². The predicted octanol–water partition coefficient (Wildman–Crippen LogP) is 3.20. The third-order valence-electron chi connectivity index (χ3n) is 4.59. The topological polar surface area (TPSA) is 119 Å². The lowest BCUT2D eigenvalue weighted by Gasteiger charge is -2.35. The maximum absolute atomic E-state index is 11.5. The molecule has 1 saturated heterocycles. The monoisotopic (exact) mass is 372 g/mol. The van der Waals surface area contributed by atoms with E-state index in [0.717, 1.165) is 19.5 Å². The molecule has 2 aromatic rings. The van der Waals surface area contributed by atoms with Crippen LogP contribution in [0.5, 0.6) is 5.75 Å². The smallest absolute Gasteiger partial charge is 0.353 e. The summed E-state index contributed by atoms with van der Waals surface area (Å²) in [5.41, 5.74) is 6.23. The summed E-state index contributed by atoms with van der Waals surface area (Å²) in [6, 6.07) is 7.03. The second-order valence-electron chi connectivity index (χ2n) is 7.07. The van der Waals surface area contributed by atoms with Crippen LogP contribution in [0.2, 0.25) is 0 Å². The molecule has 0 unspecified atom stereocenters. The Morgan fingerprint density at radius 3 is 2.41 bits per heavy atom. The van der Waals surface area contributed by atoms with Crippen LogP contribution in [0.25, 0.3) is 0 Å². The molecule has 0 spiro atoms. The van der Waals surface area contributed by atoms with Crippen LogP contribution in [0.3, 0.4) is 0 Å². The molecule has 27 heavy (non-hydrogen) atoms. The van der Waals surface area contributed by atoms with E-state index in [-0.39, 0.29) is 17.3 Å². The summed E-state index contributed by atoms with van der Waals surface area (Å²) in [5.74, 6) is 2.02. The fourth-order valence-corrected chi connectivity index (χ4v) is 3.51. The number of hydrogen-bond donors (Lipinski definition) is 2. The zero-order chi connectivity index (χ0) is 19.6. The van der Waals surface area contributed by atoms with Gasteiger partial charge in [0.1, 0.15) is 5.75 Å². The van der Waals surface area contributed by atoms with Crippen molar-refractivity contribution in [2.75, 3.05) is 36.1 Å². The van der Waals surface area contributed by atoms with E-state index < -0.39 is 4.92 Å².